The second-order valence-electron chi connectivity index (χ2n) is 6.92. The number of nitrogens with one attached hydrogen (secondary N) is 1. The van der Waals surface area contributed by atoms with Crippen molar-refractivity contribution in [1.29, 1.82) is 0 Å². The fourth-order valence-electron chi connectivity index (χ4n) is 3.81. The third-order valence-electron chi connectivity index (χ3n) is 5.24. The van der Waals surface area contributed by atoms with Crippen LogP contribution < -0.4 is 10.2 Å². The van der Waals surface area contributed by atoms with E-state index in [-0.39, 0.29) is 17.9 Å². The van der Waals surface area contributed by atoms with Crippen LogP contribution in [-0.2, 0) is 16.0 Å². The van der Waals surface area contributed by atoms with Gasteiger partial charge in [-0.25, -0.2) is 0 Å². The third-order valence-corrected chi connectivity index (χ3v) is 5.24. The molecule has 25 heavy (non-hydrogen) atoms. The maximum absolute atomic E-state index is 12.7. The normalized spacial score (nSPS) is 22.8. The summed E-state index contributed by atoms with van der Waals surface area (Å²) in [6, 6.07) is 9.72. The molecule has 0 saturated carbocycles. The molecule has 0 spiro atoms. The molecule has 1 aromatic carbocycles. The molecule has 4 rings (SSSR count). The molecule has 2 heterocycles. The van der Waals surface area contributed by atoms with E-state index >= 15 is 0 Å². The Bertz CT molecular complexity index is 794. The predicted molar refractivity (Wildman–Crippen MR) is 94.2 cm³/mol. The van der Waals surface area contributed by atoms with Crippen molar-refractivity contribution in [2.24, 2.45) is 5.92 Å². The number of rotatable bonds is 3. The van der Waals surface area contributed by atoms with Crippen LogP contribution in [0.15, 0.2) is 41.0 Å². The van der Waals surface area contributed by atoms with Crippen molar-refractivity contribution in [2.75, 3.05) is 11.4 Å². The van der Waals surface area contributed by atoms with E-state index in [1.165, 1.54) is 0 Å². The Labute approximate surface area is 147 Å². The van der Waals surface area contributed by atoms with E-state index in [0.717, 1.165) is 41.8 Å². The molecule has 1 aliphatic heterocycles. The maximum Gasteiger partial charge on any atom is 0.239 e. The van der Waals surface area contributed by atoms with Crippen LogP contribution in [0.5, 0.6) is 0 Å². The van der Waals surface area contributed by atoms with Crippen LogP contribution in [0.1, 0.15) is 42.2 Å². The molecule has 5 nitrogen and oxygen atoms in total. The zero-order valence-corrected chi connectivity index (χ0v) is 14.3. The fraction of sp³-hybridized carbons (Fsp3) is 0.400. The van der Waals surface area contributed by atoms with Gasteiger partial charge in [0.15, 0.2) is 0 Å². The first-order chi connectivity index (χ1) is 12.1. The highest BCUT2D eigenvalue weighted by Gasteiger charge is 2.38. The zero-order valence-electron chi connectivity index (χ0n) is 14.3. The van der Waals surface area contributed by atoms with E-state index < -0.39 is 5.92 Å². The SMILES string of the molecule is Cc1ccc(N2CC[C@H](C(=O)N[C@H]3CCCc4occc43)C2=O)cc1. The predicted octanol–water partition coefficient (Wildman–Crippen LogP) is 3.13. The number of benzene rings is 1. The minimum atomic E-state index is -0.599. The van der Waals surface area contributed by atoms with Gasteiger partial charge in [0.05, 0.1) is 12.3 Å². The van der Waals surface area contributed by atoms with Crippen molar-refractivity contribution in [3.05, 3.63) is 53.5 Å². The number of fused-ring (bicyclic) bond motifs is 1. The molecule has 2 aromatic rings. The van der Waals surface area contributed by atoms with Crippen LogP contribution in [0.25, 0.3) is 0 Å². The largest absolute Gasteiger partial charge is 0.469 e. The minimum absolute atomic E-state index is 0.0452. The highest BCUT2D eigenvalue weighted by atomic mass is 16.3. The molecular weight excluding hydrogens is 316 g/mol. The summed E-state index contributed by atoms with van der Waals surface area (Å²) in [5.74, 6) is 0.0809. The van der Waals surface area contributed by atoms with Gasteiger partial charge in [0.1, 0.15) is 11.7 Å². The van der Waals surface area contributed by atoms with Crippen LogP contribution in [0, 0.1) is 12.8 Å². The minimum Gasteiger partial charge on any atom is -0.469 e. The van der Waals surface area contributed by atoms with E-state index in [1.807, 2.05) is 37.3 Å². The van der Waals surface area contributed by atoms with Gasteiger partial charge in [-0.05, 0) is 44.4 Å². The molecule has 1 aromatic heterocycles. The van der Waals surface area contributed by atoms with Crippen molar-refractivity contribution in [3.8, 4) is 0 Å². The van der Waals surface area contributed by atoms with Gasteiger partial charge in [-0.1, -0.05) is 17.7 Å². The summed E-state index contributed by atoms with van der Waals surface area (Å²) < 4.78 is 5.47. The van der Waals surface area contributed by atoms with E-state index in [1.54, 1.807) is 11.2 Å². The van der Waals surface area contributed by atoms with Crippen molar-refractivity contribution in [2.45, 2.75) is 38.6 Å². The van der Waals surface area contributed by atoms with Crippen LogP contribution >= 0.6 is 0 Å². The smallest absolute Gasteiger partial charge is 0.239 e. The van der Waals surface area contributed by atoms with Crippen LogP contribution in [0.3, 0.4) is 0 Å². The van der Waals surface area contributed by atoms with Gasteiger partial charge in [-0.15, -0.1) is 0 Å². The molecule has 1 fully saturated rings. The first kappa shape index (κ1) is 15.9. The monoisotopic (exact) mass is 338 g/mol. The van der Waals surface area contributed by atoms with Gasteiger partial charge >= 0.3 is 0 Å². The van der Waals surface area contributed by atoms with E-state index in [2.05, 4.69) is 5.32 Å². The van der Waals surface area contributed by atoms with Crippen LogP contribution in [0.4, 0.5) is 5.69 Å². The summed E-state index contributed by atoms with van der Waals surface area (Å²) in [5.41, 5.74) is 3.07. The zero-order chi connectivity index (χ0) is 17.4. The van der Waals surface area contributed by atoms with Gasteiger partial charge in [-0.3, -0.25) is 9.59 Å². The Balaban J connectivity index is 1.45. The Morgan fingerprint density at radius 2 is 2.00 bits per heavy atom. The highest BCUT2D eigenvalue weighted by Crippen LogP contribution is 2.32. The summed E-state index contributed by atoms with van der Waals surface area (Å²) in [5, 5.41) is 3.07. The lowest BCUT2D eigenvalue weighted by Crippen LogP contribution is -2.39. The number of aryl methyl sites for hydroxylation is 2. The lowest BCUT2D eigenvalue weighted by atomic mass is 9.93. The second-order valence-corrected chi connectivity index (χ2v) is 6.92. The van der Waals surface area contributed by atoms with Gasteiger partial charge < -0.3 is 14.6 Å². The first-order valence-electron chi connectivity index (χ1n) is 8.88. The van der Waals surface area contributed by atoms with E-state index in [4.69, 9.17) is 4.42 Å². The molecule has 5 heteroatoms. The van der Waals surface area contributed by atoms with Crippen molar-refractivity contribution in [3.63, 3.8) is 0 Å². The van der Waals surface area contributed by atoms with Crippen LogP contribution in [0.2, 0.25) is 0 Å². The molecule has 1 N–H and O–H groups in total. The number of furan rings is 1. The molecule has 2 aliphatic rings. The van der Waals surface area contributed by atoms with Crippen molar-refractivity contribution < 1.29 is 14.0 Å². The first-order valence-corrected chi connectivity index (χ1v) is 8.88. The Morgan fingerprint density at radius 1 is 1.20 bits per heavy atom. The molecular formula is C20H22N2O3. The number of nitrogens with zero attached hydrogens (tertiary/aromatic N) is 1. The van der Waals surface area contributed by atoms with E-state index in [0.29, 0.717) is 13.0 Å². The Kier molecular flexibility index (Phi) is 4.07. The van der Waals surface area contributed by atoms with Gasteiger partial charge in [0.25, 0.3) is 0 Å². The number of carbonyl (C=O) groups excluding carboxylic acids is 2. The van der Waals surface area contributed by atoms with Gasteiger partial charge in [-0.2, -0.15) is 0 Å². The standard InChI is InChI=1S/C20H22N2O3/c1-13-5-7-14(8-6-13)22-11-9-16(20(22)24)19(23)21-17-3-2-4-18-15(17)10-12-25-18/h5-8,10,12,16-17H,2-4,9,11H2,1H3,(H,21,23)/t16-,17+/m1/s1. The summed E-state index contributed by atoms with van der Waals surface area (Å²) in [6.07, 6.45) is 5.02. The topological polar surface area (TPSA) is 62.6 Å². The second kappa shape index (κ2) is 6.39. The Hall–Kier alpha value is -2.56. The summed E-state index contributed by atoms with van der Waals surface area (Å²) in [7, 11) is 0. The number of amides is 2. The molecule has 2 amide bonds. The van der Waals surface area contributed by atoms with Gasteiger partial charge in [0, 0.05) is 24.2 Å². The summed E-state index contributed by atoms with van der Waals surface area (Å²) in [4.78, 5) is 27.1. The lowest BCUT2D eigenvalue weighted by Gasteiger charge is -2.24. The van der Waals surface area contributed by atoms with Gasteiger partial charge in [0.2, 0.25) is 11.8 Å². The number of hydrogen-bond acceptors (Lipinski definition) is 3. The average Bonchev–Trinajstić information content (AvgIpc) is 3.23. The molecule has 0 bridgehead atoms. The molecule has 0 unspecified atom stereocenters. The fourth-order valence-corrected chi connectivity index (χ4v) is 3.81. The molecule has 2 atom stereocenters. The van der Waals surface area contributed by atoms with Crippen LogP contribution in [-0.4, -0.2) is 18.4 Å². The average molecular weight is 338 g/mol. The number of anilines is 1. The maximum atomic E-state index is 12.7. The highest BCUT2D eigenvalue weighted by molar-refractivity contribution is 6.09. The summed E-state index contributed by atoms with van der Waals surface area (Å²) in [6.45, 7) is 2.60. The quantitative estimate of drug-likeness (QED) is 0.875. The number of carbonyl (C=O) groups is 2. The molecule has 130 valence electrons. The number of hydrogen-bond donors (Lipinski definition) is 1. The third kappa shape index (κ3) is 2.95. The molecule has 1 aliphatic carbocycles. The van der Waals surface area contributed by atoms with Crippen molar-refractivity contribution >= 4 is 17.5 Å². The summed E-state index contributed by atoms with van der Waals surface area (Å²) >= 11 is 0. The molecule has 1 saturated heterocycles. The molecule has 0 radical (unpaired) electrons. The van der Waals surface area contributed by atoms with Crippen molar-refractivity contribution in [1.82, 2.24) is 5.32 Å². The van der Waals surface area contributed by atoms with E-state index in [9.17, 15) is 9.59 Å². The Morgan fingerprint density at radius 3 is 2.80 bits per heavy atom. The lowest BCUT2D eigenvalue weighted by molar-refractivity contribution is -0.132.